The molecule has 1 unspecified atom stereocenters. The van der Waals surface area contributed by atoms with Crippen molar-refractivity contribution < 1.29 is 0 Å². The molecule has 96 valence electrons. The molecule has 0 amide bonds. The number of hydrogen-bond donors (Lipinski definition) is 0. The lowest BCUT2D eigenvalue weighted by atomic mass is 9.79. The van der Waals surface area contributed by atoms with Crippen LogP contribution in [0.3, 0.4) is 0 Å². The van der Waals surface area contributed by atoms with Crippen molar-refractivity contribution in [2.24, 2.45) is 11.3 Å². The Morgan fingerprint density at radius 3 is 2.41 bits per heavy atom. The van der Waals surface area contributed by atoms with E-state index in [4.69, 9.17) is 11.6 Å². The molecule has 0 fully saturated rings. The van der Waals surface area contributed by atoms with Crippen LogP contribution in [-0.2, 0) is 6.42 Å². The van der Waals surface area contributed by atoms with Crippen LogP contribution in [0, 0.1) is 11.3 Å². The van der Waals surface area contributed by atoms with Gasteiger partial charge in [0, 0.05) is 14.5 Å². The molecule has 17 heavy (non-hydrogen) atoms. The second kappa shape index (κ2) is 5.96. The molecule has 0 aliphatic carbocycles. The zero-order valence-corrected chi connectivity index (χ0v) is 13.4. The van der Waals surface area contributed by atoms with Crippen molar-refractivity contribution in [2.75, 3.05) is 0 Å². The summed E-state index contributed by atoms with van der Waals surface area (Å²) in [5, 5.41) is 0.546. The maximum atomic E-state index is 5.91. The van der Waals surface area contributed by atoms with Gasteiger partial charge in [-0.3, -0.25) is 0 Å². The Balaban J connectivity index is 2.79. The molecule has 1 aromatic rings. The quantitative estimate of drug-likeness (QED) is 0.614. The van der Waals surface area contributed by atoms with Gasteiger partial charge in [0.25, 0.3) is 0 Å². The predicted octanol–water partition coefficient (Wildman–Crippen LogP) is 3.82. The molecule has 0 radical (unpaired) electrons. The van der Waals surface area contributed by atoms with E-state index in [2.05, 4.69) is 43.8 Å². The Kier molecular flexibility index (Phi) is 5.14. The highest BCUT2D eigenvalue weighted by Gasteiger charge is 2.26. The van der Waals surface area contributed by atoms with Gasteiger partial charge >= 0.3 is 0 Å². The molecule has 0 N–H and O–H groups in total. The van der Waals surface area contributed by atoms with Gasteiger partial charge in [0.2, 0.25) is 0 Å². The zero-order valence-electron chi connectivity index (χ0n) is 11.5. The van der Waals surface area contributed by atoms with Crippen LogP contribution < -0.4 is 0 Å². The molecule has 1 aromatic heterocycles. The SMILES string of the molecule is C[SiH](C)CC(Cc1cc(Cl)ncn1)C(C)(C)C. The molecule has 0 aliphatic rings. The standard InChI is InChI=1S/C13H23ClN2Si/c1-13(2,3)10(8-17(4)5)6-11-7-12(14)16-9-15-11/h7,9-10,17H,6,8H2,1-5H3. The lowest BCUT2D eigenvalue weighted by Crippen LogP contribution is -2.26. The molecule has 0 saturated heterocycles. The van der Waals surface area contributed by atoms with Crippen LogP contribution in [0.4, 0.5) is 0 Å². The summed E-state index contributed by atoms with van der Waals surface area (Å²) in [5.74, 6) is 0.681. The second-order valence-corrected chi connectivity index (χ2v) is 9.88. The smallest absolute Gasteiger partial charge is 0.132 e. The predicted molar refractivity (Wildman–Crippen MR) is 77.4 cm³/mol. The average molecular weight is 271 g/mol. The Morgan fingerprint density at radius 2 is 1.94 bits per heavy atom. The summed E-state index contributed by atoms with van der Waals surface area (Å²) in [7, 11) is -0.558. The molecule has 1 rings (SSSR count). The van der Waals surface area contributed by atoms with Crippen LogP contribution in [0.15, 0.2) is 12.4 Å². The van der Waals surface area contributed by atoms with Gasteiger partial charge in [-0.1, -0.05) is 51.5 Å². The summed E-state index contributed by atoms with van der Waals surface area (Å²) >= 11 is 5.91. The lowest BCUT2D eigenvalue weighted by molar-refractivity contribution is 0.257. The Bertz CT molecular complexity index is 361. The first-order valence-electron chi connectivity index (χ1n) is 6.25. The molecule has 1 heterocycles. The highest BCUT2D eigenvalue weighted by Crippen LogP contribution is 2.33. The van der Waals surface area contributed by atoms with Crippen molar-refractivity contribution >= 4 is 20.4 Å². The van der Waals surface area contributed by atoms with Crippen LogP contribution in [-0.4, -0.2) is 18.8 Å². The van der Waals surface area contributed by atoms with Crippen LogP contribution >= 0.6 is 11.6 Å². The fraction of sp³-hybridized carbons (Fsp3) is 0.692. The third-order valence-corrected chi connectivity index (χ3v) is 4.85. The Labute approximate surface area is 111 Å². The average Bonchev–Trinajstić information content (AvgIpc) is 2.14. The van der Waals surface area contributed by atoms with Crippen LogP contribution in [0.1, 0.15) is 26.5 Å². The van der Waals surface area contributed by atoms with E-state index in [9.17, 15) is 0 Å². The summed E-state index contributed by atoms with van der Waals surface area (Å²) in [6.45, 7) is 11.8. The monoisotopic (exact) mass is 270 g/mol. The molecule has 1 atom stereocenters. The van der Waals surface area contributed by atoms with Crippen molar-refractivity contribution in [1.29, 1.82) is 0 Å². The summed E-state index contributed by atoms with van der Waals surface area (Å²) in [6.07, 6.45) is 2.57. The van der Waals surface area contributed by atoms with Gasteiger partial charge in [0.05, 0.1) is 0 Å². The zero-order chi connectivity index (χ0) is 13.1. The number of hydrogen-bond acceptors (Lipinski definition) is 2. The molecule has 2 nitrogen and oxygen atoms in total. The third-order valence-electron chi connectivity index (χ3n) is 3.13. The minimum absolute atomic E-state index is 0.328. The van der Waals surface area contributed by atoms with Gasteiger partial charge in [0.1, 0.15) is 11.5 Å². The Morgan fingerprint density at radius 1 is 1.29 bits per heavy atom. The molecular formula is C13H23ClN2Si. The lowest BCUT2D eigenvalue weighted by Gasteiger charge is -2.31. The van der Waals surface area contributed by atoms with E-state index < -0.39 is 8.80 Å². The van der Waals surface area contributed by atoms with Gasteiger partial charge in [-0.2, -0.15) is 0 Å². The first kappa shape index (κ1) is 14.6. The first-order valence-corrected chi connectivity index (χ1v) is 9.76. The summed E-state index contributed by atoms with van der Waals surface area (Å²) < 4.78 is 0. The van der Waals surface area contributed by atoms with E-state index in [0.29, 0.717) is 16.5 Å². The highest BCUT2D eigenvalue weighted by molar-refractivity contribution is 6.55. The van der Waals surface area contributed by atoms with Crippen molar-refractivity contribution in [1.82, 2.24) is 9.97 Å². The fourth-order valence-corrected chi connectivity index (χ4v) is 4.23. The molecule has 0 saturated carbocycles. The Hall–Kier alpha value is -0.413. The molecule has 0 aromatic carbocycles. The number of halogens is 1. The number of rotatable bonds is 4. The third kappa shape index (κ3) is 5.17. The van der Waals surface area contributed by atoms with Gasteiger partial charge < -0.3 is 0 Å². The number of aromatic nitrogens is 2. The minimum atomic E-state index is -0.558. The highest BCUT2D eigenvalue weighted by atomic mass is 35.5. The molecule has 4 heteroatoms. The maximum Gasteiger partial charge on any atom is 0.132 e. The van der Waals surface area contributed by atoms with Crippen molar-refractivity contribution in [3.8, 4) is 0 Å². The molecule has 0 aliphatic heterocycles. The van der Waals surface area contributed by atoms with Crippen molar-refractivity contribution in [2.45, 2.75) is 46.3 Å². The minimum Gasteiger partial charge on any atom is -0.241 e. The summed E-state index contributed by atoms with van der Waals surface area (Å²) in [5.41, 5.74) is 1.40. The van der Waals surface area contributed by atoms with Gasteiger partial charge in [-0.15, -0.1) is 0 Å². The van der Waals surface area contributed by atoms with Crippen LogP contribution in [0.25, 0.3) is 0 Å². The first-order chi connectivity index (χ1) is 7.79. The maximum absolute atomic E-state index is 5.91. The molecular weight excluding hydrogens is 248 g/mol. The summed E-state index contributed by atoms with van der Waals surface area (Å²) in [4.78, 5) is 8.25. The van der Waals surface area contributed by atoms with Crippen LogP contribution in [0.5, 0.6) is 0 Å². The van der Waals surface area contributed by atoms with E-state index in [1.807, 2.05) is 6.07 Å². The van der Waals surface area contributed by atoms with Crippen molar-refractivity contribution in [3.63, 3.8) is 0 Å². The van der Waals surface area contributed by atoms with Crippen molar-refractivity contribution in [3.05, 3.63) is 23.2 Å². The van der Waals surface area contributed by atoms with E-state index >= 15 is 0 Å². The topological polar surface area (TPSA) is 25.8 Å². The van der Waals surface area contributed by atoms with E-state index in [-0.39, 0.29) is 0 Å². The molecule has 0 spiro atoms. The van der Waals surface area contributed by atoms with Gasteiger partial charge in [-0.25, -0.2) is 9.97 Å². The van der Waals surface area contributed by atoms with Gasteiger partial charge in [0.15, 0.2) is 0 Å². The number of nitrogens with zero attached hydrogens (tertiary/aromatic N) is 2. The summed E-state index contributed by atoms with van der Waals surface area (Å²) in [6, 6.07) is 3.24. The van der Waals surface area contributed by atoms with E-state index in [1.54, 1.807) is 6.33 Å². The fourth-order valence-electron chi connectivity index (χ4n) is 2.05. The van der Waals surface area contributed by atoms with E-state index in [0.717, 1.165) is 12.1 Å². The van der Waals surface area contributed by atoms with E-state index in [1.165, 1.54) is 6.04 Å². The van der Waals surface area contributed by atoms with Gasteiger partial charge in [-0.05, 0) is 23.8 Å². The molecule has 0 bridgehead atoms. The normalized spacial score (nSPS) is 14.1. The second-order valence-electron chi connectivity index (χ2n) is 6.23. The van der Waals surface area contributed by atoms with Crippen LogP contribution in [0.2, 0.25) is 24.3 Å². The largest absolute Gasteiger partial charge is 0.241 e.